The molecule has 0 saturated carbocycles. The monoisotopic (exact) mass is 596 g/mol. The van der Waals surface area contributed by atoms with Gasteiger partial charge in [-0.3, -0.25) is 0 Å². The van der Waals surface area contributed by atoms with Gasteiger partial charge in [-0.1, -0.05) is 0 Å². The topological polar surface area (TPSA) is 0 Å². The molecule has 0 aromatic rings. The minimum atomic E-state index is 0. The third kappa shape index (κ3) is 9.19. The molecule has 0 amide bonds. The molecule has 0 nitrogen and oxygen atoms in total. The second kappa shape index (κ2) is 15.9. The summed E-state index contributed by atoms with van der Waals surface area (Å²) in [5.74, 6) is 0. The van der Waals surface area contributed by atoms with Crippen LogP contribution in [0.3, 0.4) is 0 Å². The number of rotatable bonds is 0. The van der Waals surface area contributed by atoms with Crippen LogP contribution >= 0.6 is 0 Å². The largest absolute Gasteiger partial charge is 0 e. The first-order valence-electron chi connectivity index (χ1n) is 0. The molecular weight excluding hydrogens is 597 g/mol. The molecule has 0 aromatic carbocycles. The van der Waals surface area contributed by atoms with Crippen molar-refractivity contribution in [3.05, 3.63) is 0 Å². The SMILES string of the molecule is [Nb].[Ta].[Th].[Zr]. The van der Waals surface area contributed by atoms with Crippen molar-refractivity contribution in [3.8, 4) is 0 Å². The summed E-state index contributed by atoms with van der Waals surface area (Å²) < 4.78 is 0. The molecule has 0 aromatic heterocycles. The van der Waals surface area contributed by atoms with E-state index in [9.17, 15) is 0 Å². The van der Waals surface area contributed by atoms with Crippen molar-refractivity contribution in [2.45, 2.75) is 0 Å². The summed E-state index contributed by atoms with van der Waals surface area (Å²) in [6.45, 7) is 0. The van der Waals surface area contributed by atoms with Crippen LogP contribution in [-0.2, 0) is 71.0 Å². The van der Waals surface area contributed by atoms with Crippen LogP contribution in [0.2, 0.25) is 0 Å². The summed E-state index contributed by atoms with van der Waals surface area (Å²) in [7, 11) is 0. The molecule has 0 saturated heterocycles. The van der Waals surface area contributed by atoms with Crippen molar-refractivity contribution >= 4 is 0 Å². The molecular formula is NbTaThZr. The summed E-state index contributed by atoms with van der Waals surface area (Å²) >= 11 is 0. The quantitative estimate of drug-likeness (QED) is 0.346. The number of hydrogen-bond donors (Lipinski definition) is 0. The molecule has 0 heterocycles. The van der Waals surface area contributed by atoms with Gasteiger partial charge in [0.25, 0.3) is 0 Å². The van der Waals surface area contributed by atoms with Crippen molar-refractivity contribution in [2.75, 3.05) is 0 Å². The van der Waals surface area contributed by atoms with E-state index in [2.05, 4.69) is 0 Å². The Labute approximate surface area is 108 Å². The number of hydrogen-bond acceptors (Lipinski definition) is 0. The van der Waals surface area contributed by atoms with Crippen LogP contribution in [0.1, 0.15) is 0 Å². The van der Waals surface area contributed by atoms with Gasteiger partial charge in [-0.2, -0.15) is 0 Å². The molecule has 4 heteroatoms. The van der Waals surface area contributed by atoms with E-state index in [-0.39, 0.29) is 111 Å². The molecule has 0 atom stereocenters. The first-order chi connectivity index (χ1) is 0. The van der Waals surface area contributed by atoms with Gasteiger partial charge in [-0.05, 0) is 0 Å². The van der Waals surface area contributed by atoms with E-state index in [1.165, 1.54) is 0 Å². The van der Waals surface area contributed by atoms with Gasteiger partial charge in [0, 0.05) is 111 Å². The molecule has 4 heavy (non-hydrogen) atoms. The van der Waals surface area contributed by atoms with Crippen LogP contribution in [0.5, 0.6) is 0 Å². The minimum absolute atomic E-state index is 0. The molecule has 0 aliphatic rings. The van der Waals surface area contributed by atoms with Crippen molar-refractivity contribution in [1.82, 2.24) is 0 Å². The molecule has 0 spiro atoms. The fraction of sp³-hybridized carbons (Fsp3) is 0. The second-order valence-electron chi connectivity index (χ2n) is 0. The van der Waals surface area contributed by atoms with E-state index in [1.807, 2.05) is 0 Å². The third-order valence-corrected chi connectivity index (χ3v) is 0. The van der Waals surface area contributed by atoms with Gasteiger partial charge >= 0.3 is 0 Å². The predicted octanol–water partition coefficient (Wildman–Crippen LogP) is -0.00750. The molecule has 0 aliphatic heterocycles. The van der Waals surface area contributed by atoms with Crippen LogP contribution < -0.4 is 0 Å². The summed E-state index contributed by atoms with van der Waals surface area (Å²) in [5, 5.41) is 0. The first kappa shape index (κ1) is 25.3. The zero-order chi connectivity index (χ0) is 0. The van der Waals surface area contributed by atoms with E-state index >= 15 is 0 Å². The Kier molecular flexibility index (Phi) is 101. The van der Waals surface area contributed by atoms with Crippen LogP contribution in [0.4, 0.5) is 0 Å². The Hall–Kier alpha value is 3.69. The van der Waals surface area contributed by atoms with Crippen molar-refractivity contribution in [1.29, 1.82) is 0 Å². The molecule has 18 valence electrons. The molecule has 2 radical (unpaired) electrons. The Morgan fingerprint density at radius 2 is 1.00 bits per heavy atom. The fourth-order valence-corrected chi connectivity index (χ4v) is 0. The first-order valence-corrected chi connectivity index (χ1v) is 0. The van der Waals surface area contributed by atoms with Crippen LogP contribution in [0.15, 0.2) is 0 Å². The maximum absolute atomic E-state index is 0. The van der Waals surface area contributed by atoms with Crippen LogP contribution in [0.25, 0.3) is 0 Å². The van der Waals surface area contributed by atoms with Gasteiger partial charge in [-0.15, -0.1) is 0 Å². The van der Waals surface area contributed by atoms with Crippen LogP contribution in [-0.4, -0.2) is 0 Å². The smallest absolute Gasteiger partial charge is 0 e. The van der Waals surface area contributed by atoms with Gasteiger partial charge in [0.1, 0.15) is 0 Å². The van der Waals surface area contributed by atoms with Crippen LogP contribution in [0, 0.1) is 39.9 Å². The zero-order valence-corrected chi connectivity index (χ0v) is 13.9. The minimum Gasteiger partial charge on any atom is 0 e. The predicted molar refractivity (Wildman–Crippen MR) is 0 cm³/mol. The summed E-state index contributed by atoms with van der Waals surface area (Å²) in [6, 6.07) is 0. The molecule has 0 fully saturated rings. The van der Waals surface area contributed by atoms with E-state index in [0.717, 1.165) is 0 Å². The summed E-state index contributed by atoms with van der Waals surface area (Å²) in [5.41, 5.74) is 0. The van der Waals surface area contributed by atoms with E-state index < -0.39 is 0 Å². The maximum atomic E-state index is 0. The van der Waals surface area contributed by atoms with Gasteiger partial charge < -0.3 is 0 Å². The van der Waals surface area contributed by atoms with Crippen molar-refractivity contribution < 1.29 is 111 Å². The Morgan fingerprint density at radius 1 is 1.00 bits per heavy atom. The summed E-state index contributed by atoms with van der Waals surface area (Å²) in [4.78, 5) is 0. The molecule has 0 aliphatic carbocycles. The van der Waals surface area contributed by atoms with Gasteiger partial charge in [0.05, 0.1) is 0 Å². The Balaban J connectivity index is 0. The average molecular weight is 597 g/mol. The standard InChI is InChI=1S/Nb.Ta.Th.Zr. The maximum Gasteiger partial charge on any atom is 0 e. The third-order valence-electron chi connectivity index (χ3n) is 0. The molecule has 0 bridgehead atoms. The van der Waals surface area contributed by atoms with E-state index in [0.29, 0.717) is 0 Å². The van der Waals surface area contributed by atoms with Gasteiger partial charge in [0.2, 0.25) is 0 Å². The zero-order valence-electron chi connectivity index (χ0n) is 1.89. The van der Waals surface area contributed by atoms with Gasteiger partial charge in [0.15, 0.2) is 0 Å². The normalized spacial score (nSPS) is 0. The fourth-order valence-electron chi connectivity index (χ4n) is 0. The van der Waals surface area contributed by atoms with Crippen molar-refractivity contribution in [2.24, 2.45) is 0 Å². The Morgan fingerprint density at radius 3 is 1.00 bits per heavy atom. The van der Waals surface area contributed by atoms with E-state index in [1.54, 1.807) is 0 Å². The molecule has 0 N–H and O–H groups in total. The van der Waals surface area contributed by atoms with Gasteiger partial charge in [-0.25, -0.2) is 0 Å². The molecule has 0 rings (SSSR count). The van der Waals surface area contributed by atoms with E-state index in [4.69, 9.17) is 0 Å². The summed E-state index contributed by atoms with van der Waals surface area (Å²) in [6.07, 6.45) is 0. The van der Waals surface area contributed by atoms with Crippen molar-refractivity contribution in [3.63, 3.8) is 0 Å². The average Bonchev–Trinajstić information content (AvgIpc) is 0. The second-order valence-corrected chi connectivity index (χ2v) is 0. The Bertz CT molecular complexity index is 8.00. The molecule has 0 unspecified atom stereocenters.